The standard InChI is InChI=1S/C67H45N9/c1-42-28-32-59-51(36-42)53-38-49(30-34-61(53)75(59)66-68-55(44-18-8-3-9-19-44)40-56(69-66)45-20-10-4-11-21-45)64-72-63(48-26-16-7-17-27-48)73-65(74-64)50-31-35-62-54(39-50)52-37-43(2)29-33-60(52)76(62)67-70-57(46-22-12-5-13-23-46)41-58(71-67)47-24-14-6-15-25-47/h3-41H,1-2H3. The van der Waals surface area contributed by atoms with Crippen LogP contribution in [-0.4, -0.2) is 44.0 Å². The number of aryl methyl sites for hydroxylation is 2. The van der Waals surface area contributed by atoms with Gasteiger partial charge in [0.05, 0.1) is 44.8 Å². The van der Waals surface area contributed by atoms with E-state index in [2.05, 4.69) is 156 Å². The van der Waals surface area contributed by atoms with Crippen molar-refractivity contribution in [3.63, 3.8) is 0 Å². The van der Waals surface area contributed by atoms with E-state index in [9.17, 15) is 0 Å². The molecule has 0 N–H and O–H groups in total. The van der Waals surface area contributed by atoms with E-state index in [0.29, 0.717) is 29.4 Å². The maximum Gasteiger partial charge on any atom is 0.235 e. The van der Waals surface area contributed by atoms with Crippen LogP contribution in [0.3, 0.4) is 0 Å². The monoisotopic (exact) mass is 975 g/mol. The maximum absolute atomic E-state index is 5.33. The molecule has 14 aromatic rings. The van der Waals surface area contributed by atoms with Gasteiger partial charge in [-0.3, -0.25) is 9.13 Å². The van der Waals surface area contributed by atoms with Crippen LogP contribution in [0.15, 0.2) is 237 Å². The zero-order valence-corrected chi connectivity index (χ0v) is 41.5. The highest BCUT2D eigenvalue weighted by atomic mass is 15.2. The molecule has 0 aliphatic rings. The Bertz CT molecular complexity index is 4130. The summed E-state index contributed by atoms with van der Waals surface area (Å²) in [7, 11) is 0. The fourth-order valence-corrected chi connectivity index (χ4v) is 10.4. The number of fused-ring (bicyclic) bond motifs is 6. The molecule has 14 rings (SSSR count). The Labute approximate surface area is 438 Å². The van der Waals surface area contributed by atoms with Gasteiger partial charge in [0.1, 0.15) is 0 Å². The van der Waals surface area contributed by atoms with Gasteiger partial charge in [-0.15, -0.1) is 0 Å². The molecule has 0 aliphatic carbocycles. The number of hydrogen-bond donors (Lipinski definition) is 0. The summed E-state index contributed by atoms with van der Waals surface area (Å²) >= 11 is 0. The summed E-state index contributed by atoms with van der Waals surface area (Å²) in [5.41, 5.74) is 16.3. The van der Waals surface area contributed by atoms with Crippen LogP contribution >= 0.6 is 0 Å². The van der Waals surface area contributed by atoms with Gasteiger partial charge in [0.25, 0.3) is 0 Å². The van der Waals surface area contributed by atoms with E-state index in [4.69, 9.17) is 34.9 Å². The molecular weight excluding hydrogens is 931 g/mol. The van der Waals surface area contributed by atoms with E-state index in [0.717, 1.165) is 116 Å². The fourth-order valence-electron chi connectivity index (χ4n) is 10.4. The van der Waals surface area contributed by atoms with Crippen LogP contribution in [0.1, 0.15) is 11.1 Å². The summed E-state index contributed by atoms with van der Waals surface area (Å²) in [6.45, 7) is 4.26. The van der Waals surface area contributed by atoms with Crippen molar-refractivity contribution in [2.75, 3.05) is 0 Å². The van der Waals surface area contributed by atoms with Crippen molar-refractivity contribution in [3.05, 3.63) is 248 Å². The van der Waals surface area contributed by atoms with Crippen molar-refractivity contribution in [1.29, 1.82) is 0 Å². The minimum Gasteiger partial charge on any atom is -0.278 e. The van der Waals surface area contributed by atoms with Crippen LogP contribution in [0.2, 0.25) is 0 Å². The van der Waals surface area contributed by atoms with E-state index in [1.165, 1.54) is 0 Å². The van der Waals surface area contributed by atoms with Gasteiger partial charge in [-0.2, -0.15) is 0 Å². The third kappa shape index (κ3) is 7.94. The second-order valence-electron chi connectivity index (χ2n) is 19.2. The van der Waals surface area contributed by atoms with Crippen LogP contribution in [0.25, 0.3) is 135 Å². The van der Waals surface area contributed by atoms with Crippen molar-refractivity contribution in [1.82, 2.24) is 44.0 Å². The zero-order chi connectivity index (χ0) is 50.7. The molecule has 358 valence electrons. The largest absolute Gasteiger partial charge is 0.278 e. The lowest BCUT2D eigenvalue weighted by molar-refractivity contribution is 0.995. The summed E-state index contributed by atoms with van der Waals surface area (Å²) < 4.78 is 4.36. The van der Waals surface area contributed by atoms with Crippen LogP contribution in [0.5, 0.6) is 0 Å². The van der Waals surface area contributed by atoms with Gasteiger partial charge in [-0.1, -0.05) is 175 Å². The Morgan fingerprint density at radius 1 is 0.237 bits per heavy atom. The van der Waals surface area contributed by atoms with Crippen molar-refractivity contribution < 1.29 is 0 Å². The summed E-state index contributed by atoms with van der Waals surface area (Å²) in [5, 5.41) is 4.23. The average molecular weight is 976 g/mol. The summed E-state index contributed by atoms with van der Waals surface area (Å²) in [5.74, 6) is 2.88. The predicted octanol–water partition coefficient (Wildman–Crippen LogP) is 15.9. The first-order valence-corrected chi connectivity index (χ1v) is 25.4. The Balaban J connectivity index is 0.943. The molecule has 5 aromatic heterocycles. The molecule has 76 heavy (non-hydrogen) atoms. The van der Waals surface area contributed by atoms with Gasteiger partial charge in [0, 0.05) is 60.5 Å². The van der Waals surface area contributed by atoms with Gasteiger partial charge in [-0.25, -0.2) is 34.9 Å². The lowest BCUT2D eigenvalue weighted by Crippen LogP contribution is -2.04. The van der Waals surface area contributed by atoms with Gasteiger partial charge in [-0.05, 0) is 86.6 Å². The molecule has 0 spiro atoms. The lowest BCUT2D eigenvalue weighted by atomic mass is 10.1. The van der Waals surface area contributed by atoms with E-state index in [1.807, 2.05) is 103 Å². The molecule has 9 heteroatoms. The topological polar surface area (TPSA) is 100 Å². The predicted molar refractivity (Wildman–Crippen MR) is 307 cm³/mol. The molecule has 0 atom stereocenters. The molecule has 0 amide bonds. The molecule has 9 nitrogen and oxygen atoms in total. The Morgan fingerprint density at radius 3 is 0.842 bits per heavy atom. The second kappa shape index (κ2) is 18.4. The molecule has 0 saturated carbocycles. The molecule has 0 unspecified atom stereocenters. The number of aromatic nitrogens is 9. The summed E-state index contributed by atoms with van der Waals surface area (Å²) in [4.78, 5) is 36.9. The Hall–Kier alpha value is -10.3. The number of nitrogens with zero attached hydrogens (tertiary/aromatic N) is 9. The zero-order valence-electron chi connectivity index (χ0n) is 41.5. The molecule has 0 aliphatic heterocycles. The summed E-state index contributed by atoms with van der Waals surface area (Å²) in [6, 6.07) is 81.5. The molecular formula is C67H45N9. The van der Waals surface area contributed by atoms with Crippen LogP contribution in [-0.2, 0) is 0 Å². The quantitative estimate of drug-likeness (QED) is 0.142. The smallest absolute Gasteiger partial charge is 0.235 e. The highest BCUT2D eigenvalue weighted by Gasteiger charge is 2.22. The van der Waals surface area contributed by atoms with Crippen LogP contribution in [0, 0.1) is 13.8 Å². The Kier molecular flexibility index (Phi) is 10.7. The molecule has 5 heterocycles. The van der Waals surface area contributed by atoms with Gasteiger partial charge in [0.2, 0.25) is 11.9 Å². The van der Waals surface area contributed by atoms with Crippen molar-refractivity contribution in [3.8, 4) is 91.1 Å². The van der Waals surface area contributed by atoms with E-state index in [-0.39, 0.29) is 0 Å². The van der Waals surface area contributed by atoms with E-state index in [1.54, 1.807) is 0 Å². The number of rotatable bonds is 9. The first-order valence-electron chi connectivity index (χ1n) is 25.4. The third-order valence-corrected chi connectivity index (χ3v) is 14.1. The SMILES string of the molecule is Cc1ccc2c(c1)c1cc(-c3nc(-c4ccccc4)nc(-c4ccc5c(c4)c4cc(C)ccc4n5-c4nc(-c5ccccc5)cc(-c5ccccc5)n4)n3)ccc1n2-c1nc(-c2ccccc2)cc(-c2ccccc2)n1. The third-order valence-electron chi connectivity index (χ3n) is 14.1. The lowest BCUT2D eigenvalue weighted by Gasteiger charge is -2.12. The van der Waals surface area contributed by atoms with Gasteiger partial charge < -0.3 is 0 Å². The summed E-state index contributed by atoms with van der Waals surface area (Å²) in [6.07, 6.45) is 0. The van der Waals surface area contributed by atoms with Gasteiger partial charge >= 0.3 is 0 Å². The van der Waals surface area contributed by atoms with E-state index < -0.39 is 0 Å². The first kappa shape index (κ1) is 44.5. The minimum absolute atomic E-state index is 0.561. The highest BCUT2D eigenvalue weighted by molar-refractivity contribution is 6.11. The highest BCUT2D eigenvalue weighted by Crippen LogP contribution is 2.39. The average Bonchev–Trinajstić information content (AvgIpc) is 4.00. The van der Waals surface area contributed by atoms with Crippen LogP contribution < -0.4 is 0 Å². The first-order chi connectivity index (χ1) is 37.5. The molecule has 9 aromatic carbocycles. The number of benzene rings is 9. The van der Waals surface area contributed by atoms with Crippen LogP contribution in [0.4, 0.5) is 0 Å². The van der Waals surface area contributed by atoms with Crippen molar-refractivity contribution >= 4 is 43.6 Å². The molecule has 0 saturated heterocycles. The fraction of sp³-hybridized carbons (Fsp3) is 0.0299. The second-order valence-corrected chi connectivity index (χ2v) is 19.2. The molecule has 0 fully saturated rings. The molecule has 0 radical (unpaired) electrons. The Morgan fingerprint density at radius 2 is 0.513 bits per heavy atom. The van der Waals surface area contributed by atoms with Gasteiger partial charge in [0.15, 0.2) is 17.5 Å². The normalized spacial score (nSPS) is 11.6. The van der Waals surface area contributed by atoms with Crippen molar-refractivity contribution in [2.45, 2.75) is 13.8 Å². The molecule has 0 bridgehead atoms. The van der Waals surface area contributed by atoms with Crippen molar-refractivity contribution in [2.24, 2.45) is 0 Å². The number of hydrogen-bond acceptors (Lipinski definition) is 7. The maximum atomic E-state index is 5.33. The van der Waals surface area contributed by atoms with E-state index >= 15 is 0 Å². The minimum atomic E-state index is 0.561.